The predicted molar refractivity (Wildman–Crippen MR) is 143 cm³/mol. The molecule has 1 unspecified atom stereocenters. The molecule has 3 aromatic carbocycles. The Morgan fingerprint density at radius 2 is 1.50 bits per heavy atom. The van der Waals surface area contributed by atoms with Gasteiger partial charge in [0.05, 0.1) is 17.3 Å². The van der Waals surface area contributed by atoms with Gasteiger partial charge in [0.2, 0.25) is 5.82 Å². The number of allylic oxidation sites excluding steroid dienone is 1. The minimum atomic E-state index is -0.426. The van der Waals surface area contributed by atoms with Crippen LogP contribution in [0.15, 0.2) is 70.9 Å². The number of hydrogen-bond acceptors (Lipinski definition) is 4. The first kappa shape index (κ1) is 23.5. The smallest absolute Gasteiger partial charge is 0.326 e. The number of amides is 2. The molecule has 1 aliphatic heterocycles. The van der Waals surface area contributed by atoms with Gasteiger partial charge in [-0.2, -0.15) is 4.98 Å². The largest absolute Gasteiger partial charge is 0.334 e. The monoisotopic (exact) mass is 478 g/mol. The van der Waals surface area contributed by atoms with Crippen LogP contribution in [-0.4, -0.2) is 16.2 Å². The Hall–Kier alpha value is -4.19. The molecule has 0 aliphatic carbocycles. The van der Waals surface area contributed by atoms with Gasteiger partial charge in [0.25, 0.3) is 5.89 Å². The van der Waals surface area contributed by atoms with E-state index in [1.54, 1.807) is 4.90 Å². The van der Waals surface area contributed by atoms with Crippen molar-refractivity contribution >= 4 is 17.3 Å². The number of rotatable bonds is 4. The summed E-state index contributed by atoms with van der Waals surface area (Å²) in [6, 6.07) is 19.7. The normalized spacial score (nSPS) is 15.9. The Morgan fingerprint density at radius 3 is 2.17 bits per heavy atom. The van der Waals surface area contributed by atoms with E-state index >= 15 is 0 Å². The van der Waals surface area contributed by atoms with Gasteiger partial charge >= 0.3 is 6.03 Å². The number of carbonyl (C=O) groups is 1. The van der Waals surface area contributed by atoms with Crippen molar-refractivity contribution in [2.45, 2.75) is 47.6 Å². The van der Waals surface area contributed by atoms with Crippen LogP contribution < -0.4 is 10.2 Å². The van der Waals surface area contributed by atoms with Gasteiger partial charge in [-0.05, 0) is 81.5 Å². The first-order valence-electron chi connectivity index (χ1n) is 12.1. The molecule has 0 fully saturated rings. The van der Waals surface area contributed by atoms with Crippen LogP contribution in [0.5, 0.6) is 0 Å². The molecule has 0 saturated heterocycles. The van der Waals surface area contributed by atoms with Gasteiger partial charge in [-0.25, -0.2) is 4.79 Å². The van der Waals surface area contributed by atoms with Gasteiger partial charge in [-0.3, -0.25) is 4.90 Å². The Kier molecular flexibility index (Phi) is 5.96. The van der Waals surface area contributed by atoms with Crippen LogP contribution in [0.3, 0.4) is 0 Å². The molecule has 2 amide bonds. The summed E-state index contributed by atoms with van der Waals surface area (Å²) in [7, 11) is 0. The molecule has 182 valence electrons. The number of anilines is 1. The van der Waals surface area contributed by atoms with Crippen molar-refractivity contribution in [3.05, 3.63) is 106 Å². The van der Waals surface area contributed by atoms with Crippen molar-refractivity contribution in [3.63, 3.8) is 0 Å². The minimum absolute atomic E-state index is 0.192. The van der Waals surface area contributed by atoms with Crippen molar-refractivity contribution in [2.24, 2.45) is 0 Å². The van der Waals surface area contributed by atoms with E-state index in [4.69, 9.17) is 9.51 Å². The van der Waals surface area contributed by atoms with Crippen LogP contribution >= 0.6 is 0 Å². The predicted octanol–water partition coefficient (Wildman–Crippen LogP) is 6.98. The summed E-state index contributed by atoms with van der Waals surface area (Å²) in [5.41, 5.74) is 9.87. The number of nitrogens with one attached hydrogen (secondary N) is 1. The fourth-order valence-corrected chi connectivity index (χ4v) is 4.76. The first-order valence-corrected chi connectivity index (χ1v) is 12.1. The van der Waals surface area contributed by atoms with Crippen LogP contribution in [0.1, 0.15) is 52.2 Å². The molecular weight excluding hydrogens is 448 g/mol. The Labute approximate surface area is 211 Å². The third-order valence-corrected chi connectivity index (χ3v) is 6.78. The molecule has 0 spiro atoms. The molecule has 1 N–H and O–H groups in total. The highest BCUT2D eigenvalue weighted by Gasteiger charge is 2.36. The molecule has 5 rings (SSSR count). The molecule has 36 heavy (non-hydrogen) atoms. The third kappa shape index (κ3) is 4.31. The van der Waals surface area contributed by atoms with Crippen molar-refractivity contribution in [3.8, 4) is 11.4 Å². The summed E-state index contributed by atoms with van der Waals surface area (Å²) < 4.78 is 5.83. The van der Waals surface area contributed by atoms with Gasteiger partial charge in [0, 0.05) is 11.3 Å². The lowest BCUT2D eigenvalue weighted by Crippen LogP contribution is -2.46. The van der Waals surface area contributed by atoms with E-state index in [-0.39, 0.29) is 6.03 Å². The van der Waals surface area contributed by atoms with E-state index in [0.29, 0.717) is 11.7 Å². The van der Waals surface area contributed by atoms with Crippen molar-refractivity contribution in [2.75, 3.05) is 4.90 Å². The molecule has 6 heteroatoms. The van der Waals surface area contributed by atoms with E-state index in [2.05, 4.69) is 42.5 Å². The van der Waals surface area contributed by atoms with Gasteiger partial charge in [-0.15, -0.1) is 0 Å². The second-order valence-corrected chi connectivity index (χ2v) is 9.70. The van der Waals surface area contributed by atoms with Gasteiger partial charge in [0.1, 0.15) is 0 Å². The number of benzene rings is 3. The summed E-state index contributed by atoms with van der Waals surface area (Å²) in [6.45, 7) is 12.2. The fraction of sp³-hybridized carbons (Fsp3) is 0.233. The van der Waals surface area contributed by atoms with E-state index in [9.17, 15) is 4.79 Å². The molecule has 0 bridgehead atoms. The Bertz CT molecular complexity index is 1480. The second kappa shape index (κ2) is 9.11. The molecule has 0 saturated carbocycles. The quantitative estimate of drug-likeness (QED) is 0.343. The lowest BCUT2D eigenvalue weighted by molar-refractivity contribution is 0.244. The summed E-state index contributed by atoms with van der Waals surface area (Å²) in [5.74, 6) is 0.902. The van der Waals surface area contributed by atoms with Crippen LogP contribution in [0, 0.1) is 34.6 Å². The van der Waals surface area contributed by atoms with E-state index < -0.39 is 6.04 Å². The molecule has 6 nitrogen and oxygen atoms in total. The van der Waals surface area contributed by atoms with Crippen molar-refractivity contribution in [1.29, 1.82) is 0 Å². The summed E-state index contributed by atoms with van der Waals surface area (Å²) in [6.07, 6.45) is 0. The number of carbonyl (C=O) groups excluding carboxylic acids is 1. The van der Waals surface area contributed by atoms with Gasteiger partial charge < -0.3 is 9.84 Å². The highest BCUT2D eigenvalue weighted by molar-refractivity contribution is 6.01. The van der Waals surface area contributed by atoms with Crippen LogP contribution in [-0.2, 0) is 0 Å². The van der Waals surface area contributed by atoms with Crippen molar-refractivity contribution < 1.29 is 9.32 Å². The molecular formula is C30H30N4O2. The third-order valence-electron chi connectivity index (χ3n) is 6.78. The topological polar surface area (TPSA) is 71.3 Å². The number of nitrogens with zero attached hydrogens (tertiary/aromatic N) is 3. The summed E-state index contributed by atoms with van der Waals surface area (Å²) in [5, 5.41) is 7.48. The number of aromatic nitrogens is 2. The first-order chi connectivity index (χ1) is 17.2. The zero-order chi connectivity index (χ0) is 25.6. The highest BCUT2D eigenvalue weighted by atomic mass is 16.5. The molecule has 4 aromatic rings. The van der Waals surface area contributed by atoms with E-state index in [1.807, 2.05) is 70.2 Å². The minimum Gasteiger partial charge on any atom is -0.334 e. The van der Waals surface area contributed by atoms with E-state index in [1.165, 1.54) is 5.56 Å². The van der Waals surface area contributed by atoms with Crippen LogP contribution in [0.2, 0.25) is 0 Å². The lowest BCUT2D eigenvalue weighted by Gasteiger charge is -2.35. The molecule has 0 radical (unpaired) electrons. The van der Waals surface area contributed by atoms with Gasteiger partial charge in [-0.1, -0.05) is 59.3 Å². The van der Waals surface area contributed by atoms with Crippen molar-refractivity contribution in [1.82, 2.24) is 15.5 Å². The maximum Gasteiger partial charge on any atom is 0.326 e. The zero-order valence-electron chi connectivity index (χ0n) is 21.5. The molecule has 2 heterocycles. The standard InChI is InChI=1S/C30H30N4O2/c1-17-7-10-23(11-8-17)28-32-29(36-33-28)26-22(6)34(25-14-18(2)13-19(3)15-25)30(35)31-27(26)24-12-9-20(4)21(5)16-24/h7-16,27H,1-6H3,(H,31,35). The average molecular weight is 479 g/mol. The lowest BCUT2D eigenvalue weighted by atomic mass is 9.92. The highest BCUT2D eigenvalue weighted by Crippen LogP contribution is 2.39. The Balaban J connectivity index is 1.68. The second-order valence-electron chi connectivity index (χ2n) is 9.70. The number of hydrogen-bond donors (Lipinski definition) is 1. The number of urea groups is 1. The fourth-order valence-electron chi connectivity index (χ4n) is 4.76. The molecule has 1 aliphatic rings. The van der Waals surface area contributed by atoms with Gasteiger partial charge in [0.15, 0.2) is 0 Å². The maximum absolute atomic E-state index is 13.5. The summed E-state index contributed by atoms with van der Waals surface area (Å²) >= 11 is 0. The molecule has 1 aromatic heterocycles. The Morgan fingerprint density at radius 1 is 0.806 bits per heavy atom. The van der Waals surface area contributed by atoms with Crippen LogP contribution in [0.25, 0.3) is 17.0 Å². The van der Waals surface area contributed by atoms with E-state index in [0.717, 1.165) is 50.3 Å². The maximum atomic E-state index is 13.5. The summed E-state index contributed by atoms with van der Waals surface area (Å²) in [4.78, 5) is 20.0. The zero-order valence-corrected chi connectivity index (χ0v) is 21.5. The SMILES string of the molecule is CC1=C(c2nc(-c3ccc(C)cc3)no2)C(c2ccc(C)c(C)c2)NC(=O)N1c1cc(C)cc(C)c1. The van der Waals surface area contributed by atoms with Crippen LogP contribution in [0.4, 0.5) is 10.5 Å². The number of aryl methyl sites for hydroxylation is 5. The molecule has 1 atom stereocenters. The average Bonchev–Trinajstić information content (AvgIpc) is 3.30.